The highest BCUT2D eigenvalue weighted by Crippen LogP contribution is 2.25. The van der Waals surface area contributed by atoms with Crippen molar-refractivity contribution in [3.8, 4) is 0 Å². The molecule has 90 valence electrons. The number of epoxide rings is 1. The van der Waals surface area contributed by atoms with Crippen molar-refractivity contribution in [2.45, 2.75) is 18.3 Å². The third-order valence-corrected chi connectivity index (χ3v) is 2.02. The topological polar surface area (TPSA) is 137 Å². The highest BCUT2D eigenvalue weighted by molar-refractivity contribution is 6.41. The second-order valence-corrected chi connectivity index (χ2v) is 3.19. The van der Waals surface area contributed by atoms with E-state index >= 15 is 0 Å². The molecule has 0 aromatic carbocycles. The molecule has 2 aliphatic rings. The van der Waals surface area contributed by atoms with Gasteiger partial charge in [0.25, 0.3) is 5.78 Å². The first-order valence-electron chi connectivity index (χ1n) is 4.30. The third-order valence-electron chi connectivity index (χ3n) is 2.02. The number of ketones is 1. The van der Waals surface area contributed by atoms with Gasteiger partial charge in [-0.3, -0.25) is 4.79 Å². The fourth-order valence-corrected chi connectivity index (χ4v) is 1.10. The Hall–Kier alpha value is -2.13. The molecule has 0 amide bonds. The Labute approximate surface area is 92.2 Å². The number of carbonyl (C=O) groups excluding carboxylic acids is 5. The van der Waals surface area contributed by atoms with Gasteiger partial charge in [0, 0.05) is 0 Å². The van der Waals surface area contributed by atoms with Crippen molar-refractivity contribution >= 4 is 29.7 Å². The van der Waals surface area contributed by atoms with Crippen LogP contribution in [-0.2, 0) is 38.2 Å². The predicted octanol–water partition coefficient (Wildman–Crippen LogP) is -3.16. The van der Waals surface area contributed by atoms with Crippen LogP contribution in [0.1, 0.15) is 0 Å². The van der Waals surface area contributed by atoms with Crippen LogP contribution < -0.4 is 0 Å². The normalized spacial score (nSPS) is 33.7. The molecular formula is C8H4O9. The van der Waals surface area contributed by atoms with E-state index in [9.17, 15) is 24.0 Å². The SMILES string of the molecule is O=C1OC(=O)C2OC2C(=O)OC(=O)C(O)C1=O. The zero-order chi connectivity index (χ0) is 12.7. The number of fused-ring (bicyclic) bond motifs is 1. The van der Waals surface area contributed by atoms with E-state index in [1.54, 1.807) is 0 Å². The Morgan fingerprint density at radius 2 is 1.35 bits per heavy atom. The van der Waals surface area contributed by atoms with Crippen molar-refractivity contribution in [1.82, 2.24) is 0 Å². The summed E-state index contributed by atoms with van der Waals surface area (Å²) >= 11 is 0. The van der Waals surface area contributed by atoms with E-state index in [4.69, 9.17) is 5.11 Å². The van der Waals surface area contributed by atoms with Crippen LogP contribution in [0.15, 0.2) is 0 Å². The average molecular weight is 244 g/mol. The van der Waals surface area contributed by atoms with E-state index in [-0.39, 0.29) is 0 Å². The van der Waals surface area contributed by atoms with Crippen LogP contribution in [-0.4, -0.2) is 53.1 Å². The molecule has 2 aliphatic heterocycles. The zero-order valence-electron chi connectivity index (χ0n) is 7.95. The molecule has 1 N–H and O–H groups in total. The summed E-state index contributed by atoms with van der Waals surface area (Å²) in [5.41, 5.74) is 0. The molecule has 3 unspecified atom stereocenters. The summed E-state index contributed by atoms with van der Waals surface area (Å²) in [5.74, 6) is -7.54. The number of carbonyl (C=O) groups is 5. The minimum absolute atomic E-state index is 1.24. The van der Waals surface area contributed by atoms with Gasteiger partial charge < -0.3 is 19.3 Å². The molecule has 0 aromatic heterocycles. The van der Waals surface area contributed by atoms with E-state index in [1.807, 2.05) is 0 Å². The van der Waals surface area contributed by atoms with Gasteiger partial charge in [-0.2, -0.15) is 0 Å². The summed E-state index contributed by atoms with van der Waals surface area (Å²) in [6.07, 6.45) is -5.24. The molecular weight excluding hydrogens is 240 g/mol. The molecule has 2 fully saturated rings. The van der Waals surface area contributed by atoms with Gasteiger partial charge in [-0.25, -0.2) is 19.2 Å². The highest BCUT2D eigenvalue weighted by atomic mass is 16.7. The lowest BCUT2D eigenvalue weighted by atomic mass is 10.2. The molecule has 2 rings (SSSR count). The molecule has 0 spiro atoms. The lowest BCUT2D eigenvalue weighted by molar-refractivity contribution is -0.175. The van der Waals surface area contributed by atoms with E-state index in [0.717, 1.165) is 0 Å². The van der Waals surface area contributed by atoms with Gasteiger partial charge in [-0.1, -0.05) is 0 Å². The molecule has 2 saturated heterocycles. The monoisotopic (exact) mass is 244 g/mol. The standard InChI is InChI=1S/C8H4O9/c9-1-2(10)6(12)17-8(14)4-3(15-4)7(13)16-5(1)11/h1,3-4,9H. The van der Waals surface area contributed by atoms with Crippen molar-refractivity contribution in [1.29, 1.82) is 0 Å². The van der Waals surface area contributed by atoms with Gasteiger partial charge >= 0.3 is 23.9 Å². The summed E-state index contributed by atoms with van der Waals surface area (Å²) in [6.45, 7) is 0. The number of cyclic esters (lactones) is 4. The summed E-state index contributed by atoms with van der Waals surface area (Å²) in [7, 11) is 0. The van der Waals surface area contributed by atoms with E-state index in [0.29, 0.717) is 0 Å². The van der Waals surface area contributed by atoms with Crippen molar-refractivity contribution in [3.05, 3.63) is 0 Å². The molecule has 0 aromatic rings. The predicted molar refractivity (Wildman–Crippen MR) is 41.9 cm³/mol. The molecule has 9 nitrogen and oxygen atoms in total. The number of Topliss-reactive ketones (excluding diaryl/α,β-unsaturated/α-hetero) is 1. The lowest BCUT2D eigenvalue weighted by Crippen LogP contribution is -2.41. The third kappa shape index (κ3) is 1.92. The van der Waals surface area contributed by atoms with Gasteiger partial charge in [0.15, 0.2) is 12.2 Å². The summed E-state index contributed by atoms with van der Waals surface area (Å²) in [4.78, 5) is 55.1. The number of aliphatic hydroxyl groups is 1. The molecule has 2 heterocycles. The van der Waals surface area contributed by atoms with Crippen molar-refractivity contribution in [3.63, 3.8) is 0 Å². The summed E-state index contributed by atoms with van der Waals surface area (Å²) in [6, 6.07) is 0. The van der Waals surface area contributed by atoms with Crippen LogP contribution in [0.4, 0.5) is 0 Å². The largest absolute Gasteiger partial charge is 0.389 e. The molecule has 0 aliphatic carbocycles. The Kier molecular flexibility index (Phi) is 2.48. The Morgan fingerprint density at radius 3 is 1.94 bits per heavy atom. The number of ether oxygens (including phenoxy) is 3. The first kappa shape index (κ1) is 11.4. The fourth-order valence-electron chi connectivity index (χ4n) is 1.10. The minimum atomic E-state index is -2.51. The smallest absolute Gasteiger partial charge is 0.385 e. The second-order valence-electron chi connectivity index (χ2n) is 3.19. The van der Waals surface area contributed by atoms with Gasteiger partial charge in [0.1, 0.15) is 0 Å². The van der Waals surface area contributed by atoms with Crippen LogP contribution in [0.5, 0.6) is 0 Å². The van der Waals surface area contributed by atoms with Crippen LogP contribution in [0.2, 0.25) is 0 Å². The molecule has 0 radical (unpaired) electrons. The van der Waals surface area contributed by atoms with Gasteiger partial charge in [-0.05, 0) is 0 Å². The maximum absolute atomic E-state index is 11.1. The first-order valence-corrected chi connectivity index (χ1v) is 4.30. The quantitative estimate of drug-likeness (QED) is 0.202. The number of hydrogen-bond donors (Lipinski definition) is 1. The zero-order valence-corrected chi connectivity index (χ0v) is 7.95. The summed E-state index contributed by atoms with van der Waals surface area (Å²) < 4.78 is 12.5. The average Bonchev–Trinajstić information content (AvgIpc) is 3.05. The van der Waals surface area contributed by atoms with Gasteiger partial charge in [0.2, 0.25) is 6.10 Å². The van der Waals surface area contributed by atoms with E-state index in [1.165, 1.54) is 0 Å². The first-order chi connectivity index (χ1) is 7.91. The Bertz CT molecular complexity index is 450. The van der Waals surface area contributed by atoms with Crippen molar-refractivity contribution < 1.29 is 43.3 Å². The van der Waals surface area contributed by atoms with Gasteiger partial charge in [0.05, 0.1) is 0 Å². The van der Waals surface area contributed by atoms with Crippen LogP contribution in [0, 0.1) is 0 Å². The Morgan fingerprint density at radius 1 is 0.824 bits per heavy atom. The number of esters is 4. The second kappa shape index (κ2) is 3.71. The minimum Gasteiger partial charge on any atom is -0.389 e. The van der Waals surface area contributed by atoms with Gasteiger partial charge in [-0.15, -0.1) is 0 Å². The molecule has 17 heavy (non-hydrogen) atoms. The highest BCUT2D eigenvalue weighted by Gasteiger charge is 2.55. The van der Waals surface area contributed by atoms with Crippen molar-refractivity contribution in [2.75, 3.05) is 0 Å². The fraction of sp³-hybridized carbons (Fsp3) is 0.375. The molecule has 9 heteroatoms. The van der Waals surface area contributed by atoms with E-state index < -0.39 is 48.0 Å². The molecule has 0 bridgehead atoms. The molecule has 0 saturated carbocycles. The summed E-state index contributed by atoms with van der Waals surface area (Å²) in [5, 5.41) is 9.01. The maximum atomic E-state index is 11.1. The van der Waals surface area contributed by atoms with Crippen LogP contribution >= 0.6 is 0 Å². The Balaban J connectivity index is 2.24. The van der Waals surface area contributed by atoms with E-state index in [2.05, 4.69) is 14.2 Å². The molecule has 3 atom stereocenters. The van der Waals surface area contributed by atoms with Crippen molar-refractivity contribution in [2.24, 2.45) is 0 Å². The van der Waals surface area contributed by atoms with Crippen LogP contribution in [0.3, 0.4) is 0 Å². The maximum Gasteiger partial charge on any atom is 0.385 e. The number of hydrogen-bond acceptors (Lipinski definition) is 9. The number of rotatable bonds is 0. The van der Waals surface area contributed by atoms with Crippen LogP contribution in [0.25, 0.3) is 0 Å². The lowest BCUT2D eigenvalue weighted by Gasteiger charge is -2.08. The number of aliphatic hydroxyl groups excluding tert-OH is 1.